The summed E-state index contributed by atoms with van der Waals surface area (Å²) < 4.78 is 11.8. The van der Waals surface area contributed by atoms with E-state index >= 15 is 0 Å². The van der Waals surface area contributed by atoms with Crippen LogP contribution in [0.15, 0.2) is 40.9 Å². The maximum absolute atomic E-state index is 12.5. The standard InChI is InChI=1S/C21H23BrCl2N2O4/c1-2-3-4-5-10-29-18-8-6-14(22)11-16(18)21(28)26-25-20(27)13-30-19-9-7-15(23)12-17(19)24/h6-9,11-12H,2-5,10,13H2,1H3,(H,25,27)(H,26,28). The van der Waals surface area contributed by atoms with Crippen LogP contribution in [0, 0.1) is 0 Å². The van der Waals surface area contributed by atoms with E-state index in [-0.39, 0.29) is 11.6 Å². The molecule has 0 aliphatic rings. The molecular formula is C21H23BrCl2N2O4. The first kappa shape index (κ1) is 24.3. The Morgan fingerprint density at radius 3 is 2.47 bits per heavy atom. The molecule has 2 amide bonds. The zero-order valence-corrected chi connectivity index (χ0v) is 19.6. The normalized spacial score (nSPS) is 10.4. The third kappa shape index (κ3) is 8.05. The fourth-order valence-corrected chi connectivity index (χ4v) is 3.31. The van der Waals surface area contributed by atoms with Crippen molar-refractivity contribution >= 4 is 50.9 Å². The topological polar surface area (TPSA) is 76.7 Å². The van der Waals surface area contributed by atoms with Crippen LogP contribution in [0.2, 0.25) is 10.0 Å². The summed E-state index contributed by atoms with van der Waals surface area (Å²) in [6.45, 7) is 2.33. The van der Waals surface area contributed by atoms with Gasteiger partial charge in [-0.3, -0.25) is 20.4 Å². The number of halogens is 3. The monoisotopic (exact) mass is 516 g/mol. The number of amides is 2. The molecule has 162 valence electrons. The SMILES string of the molecule is CCCCCCOc1ccc(Br)cc1C(=O)NNC(=O)COc1ccc(Cl)cc1Cl. The largest absolute Gasteiger partial charge is 0.493 e. The zero-order chi connectivity index (χ0) is 21.9. The molecule has 0 aromatic heterocycles. The van der Waals surface area contributed by atoms with Crippen molar-refractivity contribution in [1.29, 1.82) is 0 Å². The minimum Gasteiger partial charge on any atom is -0.493 e. The van der Waals surface area contributed by atoms with Crippen LogP contribution in [0.1, 0.15) is 43.0 Å². The molecule has 0 unspecified atom stereocenters. The molecule has 2 aromatic rings. The lowest BCUT2D eigenvalue weighted by molar-refractivity contribution is -0.123. The predicted octanol–water partition coefficient (Wildman–Crippen LogP) is 5.56. The number of hydrazine groups is 1. The molecule has 0 heterocycles. The Bertz CT molecular complexity index is 880. The van der Waals surface area contributed by atoms with Crippen molar-refractivity contribution in [2.45, 2.75) is 32.6 Å². The molecular weight excluding hydrogens is 495 g/mol. The summed E-state index contributed by atoms with van der Waals surface area (Å²) in [6, 6.07) is 9.80. The van der Waals surface area contributed by atoms with Gasteiger partial charge in [0.05, 0.1) is 17.2 Å². The highest BCUT2D eigenvalue weighted by Gasteiger charge is 2.15. The van der Waals surface area contributed by atoms with Gasteiger partial charge in [-0.05, 0) is 42.8 Å². The van der Waals surface area contributed by atoms with Crippen LogP contribution in [0.25, 0.3) is 0 Å². The lowest BCUT2D eigenvalue weighted by Crippen LogP contribution is -2.44. The van der Waals surface area contributed by atoms with E-state index in [0.717, 1.165) is 30.2 Å². The summed E-state index contributed by atoms with van der Waals surface area (Å²) in [6.07, 6.45) is 4.26. The zero-order valence-electron chi connectivity index (χ0n) is 16.5. The van der Waals surface area contributed by atoms with Crippen LogP contribution >= 0.6 is 39.1 Å². The summed E-state index contributed by atoms with van der Waals surface area (Å²) in [5.41, 5.74) is 4.98. The van der Waals surface area contributed by atoms with Gasteiger partial charge >= 0.3 is 0 Å². The number of nitrogens with one attached hydrogen (secondary N) is 2. The second kappa shape index (κ2) is 12.7. The van der Waals surface area contributed by atoms with Gasteiger partial charge in [0.15, 0.2) is 6.61 Å². The van der Waals surface area contributed by atoms with E-state index in [1.54, 1.807) is 30.3 Å². The van der Waals surface area contributed by atoms with Crippen molar-refractivity contribution in [3.63, 3.8) is 0 Å². The van der Waals surface area contributed by atoms with Crippen LogP contribution < -0.4 is 20.3 Å². The molecule has 0 aliphatic heterocycles. The van der Waals surface area contributed by atoms with E-state index in [1.165, 1.54) is 6.07 Å². The maximum Gasteiger partial charge on any atom is 0.276 e. The Balaban J connectivity index is 1.87. The number of unbranched alkanes of at least 4 members (excludes halogenated alkanes) is 3. The molecule has 0 radical (unpaired) electrons. The first-order chi connectivity index (χ1) is 14.4. The van der Waals surface area contributed by atoms with E-state index in [1.807, 2.05) is 0 Å². The van der Waals surface area contributed by atoms with E-state index in [0.29, 0.717) is 28.7 Å². The summed E-state index contributed by atoms with van der Waals surface area (Å²) in [5, 5.41) is 0.746. The van der Waals surface area contributed by atoms with Gasteiger partial charge in [-0.25, -0.2) is 0 Å². The van der Waals surface area contributed by atoms with E-state index in [2.05, 4.69) is 33.7 Å². The van der Waals surface area contributed by atoms with Crippen molar-refractivity contribution in [1.82, 2.24) is 10.9 Å². The highest BCUT2D eigenvalue weighted by Crippen LogP contribution is 2.27. The molecule has 2 N–H and O–H groups in total. The first-order valence-corrected chi connectivity index (χ1v) is 11.0. The second-order valence-electron chi connectivity index (χ2n) is 6.42. The smallest absolute Gasteiger partial charge is 0.276 e. The Labute approximate surface area is 194 Å². The number of ether oxygens (including phenoxy) is 2. The fourth-order valence-electron chi connectivity index (χ4n) is 2.48. The van der Waals surface area contributed by atoms with E-state index in [9.17, 15) is 9.59 Å². The van der Waals surface area contributed by atoms with Gasteiger partial charge in [0, 0.05) is 9.50 Å². The minimum absolute atomic E-state index is 0.286. The average Bonchev–Trinajstić information content (AvgIpc) is 2.72. The van der Waals surface area contributed by atoms with Gasteiger partial charge in [-0.2, -0.15) is 0 Å². The van der Waals surface area contributed by atoms with Gasteiger partial charge in [0.25, 0.3) is 11.8 Å². The van der Waals surface area contributed by atoms with Crippen LogP contribution in [-0.2, 0) is 4.79 Å². The number of carbonyl (C=O) groups excluding carboxylic acids is 2. The quantitative estimate of drug-likeness (QED) is 0.319. The summed E-state index contributed by atoms with van der Waals surface area (Å²) in [5.74, 6) is -0.289. The number of hydrogen-bond donors (Lipinski definition) is 2. The molecule has 2 rings (SSSR count). The minimum atomic E-state index is -0.550. The number of carbonyl (C=O) groups is 2. The molecule has 0 atom stereocenters. The maximum atomic E-state index is 12.5. The lowest BCUT2D eigenvalue weighted by Gasteiger charge is -2.13. The van der Waals surface area contributed by atoms with Gasteiger partial charge in [0.2, 0.25) is 0 Å². The van der Waals surface area contributed by atoms with Crippen molar-refractivity contribution < 1.29 is 19.1 Å². The molecule has 0 saturated heterocycles. The average molecular weight is 518 g/mol. The van der Waals surface area contributed by atoms with Crippen LogP contribution in [-0.4, -0.2) is 25.0 Å². The van der Waals surface area contributed by atoms with Gasteiger partial charge in [0.1, 0.15) is 11.5 Å². The van der Waals surface area contributed by atoms with Gasteiger partial charge < -0.3 is 9.47 Å². The highest BCUT2D eigenvalue weighted by molar-refractivity contribution is 9.10. The lowest BCUT2D eigenvalue weighted by atomic mass is 10.2. The summed E-state index contributed by atoms with van der Waals surface area (Å²) in [4.78, 5) is 24.5. The highest BCUT2D eigenvalue weighted by atomic mass is 79.9. The molecule has 0 saturated carbocycles. The molecule has 0 fully saturated rings. The Morgan fingerprint density at radius 1 is 0.967 bits per heavy atom. The van der Waals surface area contributed by atoms with E-state index in [4.69, 9.17) is 32.7 Å². The Kier molecular flexibility index (Phi) is 10.3. The Morgan fingerprint density at radius 2 is 1.73 bits per heavy atom. The van der Waals surface area contributed by atoms with E-state index < -0.39 is 11.8 Å². The third-order valence-electron chi connectivity index (χ3n) is 4.01. The van der Waals surface area contributed by atoms with Crippen molar-refractivity contribution in [2.75, 3.05) is 13.2 Å². The van der Waals surface area contributed by atoms with Gasteiger partial charge in [-0.15, -0.1) is 0 Å². The van der Waals surface area contributed by atoms with Gasteiger partial charge in [-0.1, -0.05) is 65.3 Å². The number of benzene rings is 2. The summed E-state index contributed by atoms with van der Waals surface area (Å²) in [7, 11) is 0. The molecule has 0 bridgehead atoms. The number of rotatable bonds is 10. The molecule has 0 spiro atoms. The van der Waals surface area contributed by atoms with Crippen molar-refractivity contribution in [2.24, 2.45) is 0 Å². The second-order valence-corrected chi connectivity index (χ2v) is 8.17. The molecule has 6 nitrogen and oxygen atoms in total. The Hall–Kier alpha value is -1.96. The molecule has 9 heteroatoms. The summed E-state index contributed by atoms with van der Waals surface area (Å²) >= 11 is 15.2. The molecule has 0 aliphatic carbocycles. The van der Waals surface area contributed by atoms with Crippen LogP contribution in [0.4, 0.5) is 0 Å². The van der Waals surface area contributed by atoms with Crippen LogP contribution in [0.5, 0.6) is 11.5 Å². The van der Waals surface area contributed by atoms with Crippen molar-refractivity contribution in [3.8, 4) is 11.5 Å². The molecule has 2 aromatic carbocycles. The fraction of sp³-hybridized carbons (Fsp3) is 0.333. The van der Waals surface area contributed by atoms with Crippen molar-refractivity contribution in [3.05, 3.63) is 56.5 Å². The predicted molar refractivity (Wildman–Crippen MR) is 121 cm³/mol. The molecule has 30 heavy (non-hydrogen) atoms. The first-order valence-electron chi connectivity index (χ1n) is 9.50. The van der Waals surface area contributed by atoms with Crippen LogP contribution in [0.3, 0.4) is 0 Å². The number of hydrogen-bond acceptors (Lipinski definition) is 4. The third-order valence-corrected chi connectivity index (χ3v) is 5.03.